The number of benzene rings is 1. The second kappa shape index (κ2) is 5.78. The molecule has 0 bridgehead atoms. The van der Waals surface area contributed by atoms with Crippen molar-refractivity contribution in [2.45, 2.75) is 32.2 Å². The Morgan fingerprint density at radius 3 is 2.71 bits per heavy atom. The Bertz CT molecular complexity index is 878. The van der Waals surface area contributed by atoms with Gasteiger partial charge in [0.05, 0.1) is 0 Å². The topological polar surface area (TPSA) is 58.3 Å². The lowest BCUT2D eigenvalue weighted by Crippen LogP contribution is -2.10. The van der Waals surface area contributed by atoms with Crippen LogP contribution in [-0.4, -0.2) is 33.9 Å². The third-order valence-electron chi connectivity index (χ3n) is 4.53. The monoisotopic (exact) mass is 322 g/mol. The van der Waals surface area contributed by atoms with E-state index in [0.717, 1.165) is 23.8 Å². The Labute approximate surface area is 141 Å². The molecule has 2 aromatic heterocycles. The van der Waals surface area contributed by atoms with Crippen LogP contribution in [0.1, 0.15) is 35.7 Å². The molecule has 0 atom stereocenters. The summed E-state index contributed by atoms with van der Waals surface area (Å²) in [6.45, 7) is 2.89. The summed E-state index contributed by atoms with van der Waals surface area (Å²) in [7, 11) is 4.12. The fourth-order valence-corrected chi connectivity index (χ4v) is 2.84. The lowest BCUT2D eigenvalue weighted by molar-refractivity contribution is 0.814. The van der Waals surface area contributed by atoms with Crippen molar-refractivity contribution >= 4 is 17.2 Å². The summed E-state index contributed by atoms with van der Waals surface area (Å²) in [6, 6.07) is 10.5. The van der Waals surface area contributed by atoms with Gasteiger partial charge in [-0.2, -0.15) is 4.52 Å². The molecule has 1 fully saturated rings. The predicted molar refractivity (Wildman–Crippen MR) is 95.6 cm³/mol. The summed E-state index contributed by atoms with van der Waals surface area (Å²) < 4.78 is 1.88. The van der Waals surface area contributed by atoms with E-state index in [4.69, 9.17) is 0 Å². The summed E-state index contributed by atoms with van der Waals surface area (Å²) in [5.74, 6) is 2.36. The van der Waals surface area contributed by atoms with E-state index in [2.05, 4.69) is 64.7 Å². The molecule has 1 N–H and O–H groups in total. The number of nitrogens with zero attached hydrogens (tertiary/aromatic N) is 5. The van der Waals surface area contributed by atoms with E-state index in [1.807, 2.05) is 16.6 Å². The maximum absolute atomic E-state index is 4.66. The molecule has 1 saturated carbocycles. The van der Waals surface area contributed by atoms with Crippen molar-refractivity contribution in [1.82, 2.24) is 19.8 Å². The average Bonchev–Trinajstić information content (AvgIpc) is 3.33. The molecule has 24 heavy (non-hydrogen) atoms. The molecule has 1 aliphatic rings. The van der Waals surface area contributed by atoms with Gasteiger partial charge in [0.15, 0.2) is 11.5 Å². The minimum atomic E-state index is 0.531. The highest BCUT2D eigenvalue weighted by molar-refractivity contribution is 5.51. The smallest absolute Gasteiger partial charge is 0.178 e. The van der Waals surface area contributed by atoms with Gasteiger partial charge in [-0.25, -0.2) is 0 Å². The highest BCUT2D eigenvalue weighted by Gasteiger charge is 2.29. The molecule has 6 heteroatoms. The number of hydrogen-bond acceptors (Lipinski definition) is 5. The van der Waals surface area contributed by atoms with Crippen LogP contribution in [0.5, 0.6) is 0 Å². The molecule has 0 aliphatic heterocycles. The Hall–Kier alpha value is -2.63. The van der Waals surface area contributed by atoms with Crippen LogP contribution in [0, 0.1) is 6.92 Å². The van der Waals surface area contributed by atoms with Crippen LogP contribution >= 0.6 is 0 Å². The maximum Gasteiger partial charge on any atom is 0.178 e. The van der Waals surface area contributed by atoms with Gasteiger partial charge < -0.3 is 10.2 Å². The Morgan fingerprint density at radius 2 is 2.00 bits per heavy atom. The molecule has 0 unspecified atom stereocenters. The highest BCUT2D eigenvalue weighted by Crippen LogP contribution is 2.38. The second-order valence-electron chi connectivity index (χ2n) is 6.68. The van der Waals surface area contributed by atoms with E-state index in [1.54, 1.807) is 0 Å². The zero-order valence-electron chi connectivity index (χ0n) is 14.3. The molecule has 1 aromatic carbocycles. The molecule has 0 radical (unpaired) electrons. The zero-order chi connectivity index (χ0) is 16.7. The van der Waals surface area contributed by atoms with Crippen molar-refractivity contribution in [3.63, 3.8) is 0 Å². The van der Waals surface area contributed by atoms with Crippen molar-refractivity contribution < 1.29 is 0 Å². The summed E-state index contributed by atoms with van der Waals surface area (Å²) in [4.78, 5) is 2.12. The number of hydrogen-bond donors (Lipinski definition) is 1. The fraction of sp³-hybridized carbons (Fsp3) is 0.389. The molecular weight excluding hydrogens is 300 g/mol. The van der Waals surface area contributed by atoms with E-state index in [9.17, 15) is 0 Å². The zero-order valence-corrected chi connectivity index (χ0v) is 14.3. The SMILES string of the molecule is Cc1cc(N(C)C)ccc1CNc1ccc2nnc(C3CC3)n2n1. The van der Waals surface area contributed by atoms with Gasteiger partial charge >= 0.3 is 0 Å². The van der Waals surface area contributed by atoms with Crippen molar-refractivity contribution in [1.29, 1.82) is 0 Å². The van der Waals surface area contributed by atoms with Crippen molar-refractivity contribution in [2.24, 2.45) is 0 Å². The van der Waals surface area contributed by atoms with E-state index < -0.39 is 0 Å². The summed E-state index contributed by atoms with van der Waals surface area (Å²) in [5, 5.41) is 16.5. The first-order valence-corrected chi connectivity index (χ1v) is 8.35. The average molecular weight is 322 g/mol. The van der Waals surface area contributed by atoms with Gasteiger partial charge in [0.25, 0.3) is 0 Å². The Balaban J connectivity index is 1.53. The van der Waals surface area contributed by atoms with Gasteiger partial charge in [-0.05, 0) is 55.2 Å². The molecule has 0 saturated heterocycles. The fourth-order valence-electron chi connectivity index (χ4n) is 2.84. The van der Waals surface area contributed by atoms with Gasteiger partial charge in [-0.15, -0.1) is 15.3 Å². The van der Waals surface area contributed by atoms with E-state index in [-0.39, 0.29) is 0 Å². The number of anilines is 2. The highest BCUT2D eigenvalue weighted by atomic mass is 15.4. The van der Waals surface area contributed by atoms with E-state index in [1.165, 1.54) is 29.7 Å². The van der Waals surface area contributed by atoms with Crippen LogP contribution in [0.2, 0.25) is 0 Å². The standard InChI is InChI=1S/C18H22N6/c1-12-10-15(23(2)3)7-6-14(12)11-19-16-8-9-17-20-21-18(13-4-5-13)24(17)22-16/h6-10,13H,4-5,11H2,1-3H3,(H,19,22). The number of aromatic nitrogens is 4. The first-order valence-electron chi connectivity index (χ1n) is 8.35. The van der Waals surface area contributed by atoms with Crippen LogP contribution in [0.15, 0.2) is 30.3 Å². The van der Waals surface area contributed by atoms with Gasteiger partial charge in [0.2, 0.25) is 0 Å². The third kappa shape index (κ3) is 2.79. The molecule has 3 aromatic rings. The first kappa shape index (κ1) is 14.9. The molecule has 1 aliphatic carbocycles. The molecular formula is C18H22N6. The molecule has 6 nitrogen and oxygen atoms in total. The van der Waals surface area contributed by atoms with Crippen LogP contribution < -0.4 is 10.2 Å². The predicted octanol–water partition coefficient (Wildman–Crippen LogP) is 2.99. The quantitative estimate of drug-likeness (QED) is 0.782. The van der Waals surface area contributed by atoms with Gasteiger partial charge in [-0.3, -0.25) is 0 Å². The van der Waals surface area contributed by atoms with Crippen LogP contribution in [0.3, 0.4) is 0 Å². The lowest BCUT2D eigenvalue weighted by atomic mass is 10.1. The first-order chi connectivity index (χ1) is 11.6. The minimum absolute atomic E-state index is 0.531. The molecule has 0 spiro atoms. The normalized spacial score (nSPS) is 14.1. The summed E-state index contributed by atoms with van der Waals surface area (Å²) in [6.07, 6.45) is 2.38. The number of aryl methyl sites for hydroxylation is 1. The van der Waals surface area contributed by atoms with Crippen LogP contribution in [-0.2, 0) is 6.54 Å². The number of rotatable bonds is 5. The maximum atomic E-state index is 4.66. The van der Waals surface area contributed by atoms with Crippen LogP contribution in [0.4, 0.5) is 11.5 Å². The van der Waals surface area contributed by atoms with E-state index >= 15 is 0 Å². The minimum Gasteiger partial charge on any atom is -0.378 e. The second-order valence-corrected chi connectivity index (χ2v) is 6.68. The largest absolute Gasteiger partial charge is 0.378 e. The Kier molecular flexibility index (Phi) is 3.59. The van der Waals surface area contributed by atoms with Gasteiger partial charge in [0, 0.05) is 32.2 Å². The Morgan fingerprint density at radius 1 is 1.17 bits per heavy atom. The lowest BCUT2D eigenvalue weighted by Gasteiger charge is -2.15. The number of fused-ring (bicyclic) bond motifs is 1. The van der Waals surface area contributed by atoms with Crippen molar-refractivity contribution in [2.75, 3.05) is 24.3 Å². The molecule has 124 valence electrons. The van der Waals surface area contributed by atoms with Gasteiger partial charge in [-0.1, -0.05) is 6.07 Å². The van der Waals surface area contributed by atoms with E-state index in [0.29, 0.717) is 5.92 Å². The van der Waals surface area contributed by atoms with Gasteiger partial charge in [0.1, 0.15) is 5.82 Å². The summed E-state index contributed by atoms with van der Waals surface area (Å²) in [5.41, 5.74) is 4.58. The summed E-state index contributed by atoms with van der Waals surface area (Å²) >= 11 is 0. The number of nitrogens with one attached hydrogen (secondary N) is 1. The molecule has 0 amide bonds. The molecule has 4 rings (SSSR count). The van der Waals surface area contributed by atoms with Crippen LogP contribution in [0.25, 0.3) is 5.65 Å². The van der Waals surface area contributed by atoms with Crippen molar-refractivity contribution in [3.8, 4) is 0 Å². The molecule has 2 heterocycles. The third-order valence-corrected chi connectivity index (χ3v) is 4.53. The van der Waals surface area contributed by atoms with Crippen molar-refractivity contribution in [3.05, 3.63) is 47.3 Å².